The number of hydrogen-bond donors (Lipinski definition) is 2. The van der Waals surface area contributed by atoms with Gasteiger partial charge in [-0.05, 0) is 6.42 Å². The highest BCUT2D eigenvalue weighted by Crippen LogP contribution is 2.26. The molecule has 4 rings (SSSR count). The first kappa shape index (κ1) is 28.2. The van der Waals surface area contributed by atoms with Crippen molar-refractivity contribution in [3.63, 3.8) is 0 Å². The second-order valence-corrected chi connectivity index (χ2v) is 9.59. The second kappa shape index (κ2) is 10.6. The van der Waals surface area contributed by atoms with Gasteiger partial charge in [-0.25, -0.2) is 19.6 Å². The number of fused-ring (bicyclic) bond motifs is 2. The summed E-state index contributed by atoms with van der Waals surface area (Å²) < 4.78 is 4.71. The third-order valence-electron chi connectivity index (χ3n) is 6.71. The summed E-state index contributed by atoms with van der Waals surface area (Å²) >= 11 is 0. The predicted octanol–water partition coefficient (Wildman–Crippen LogP) is -0.353. The molecule has 4 heterocycles. The van der Waals surface area contributed by atoms with Crippen molar-refractivity contribution >= 4 is 35.0 Å². The number of aliphatic imine (C=N–C) groups is 2. The van der Waals surface area contributed by atoms with Crippen LogP contribution in [0.3, 0.4) is 0 Å². The van der Waals surface area contributed by atoms with Crippen LogP contribution in [0.25, 0.3) is 0 Å². The predicted molar refractivity (Wildman–Crippen MR) is 138 cm³/mol. The summed E-state index contributed by atoms with van der Waals surface area (Å²) in [5, 5.41) is 17.7. The van der Waals surface area contributed by atoms with Crippen LogP contribution in [0.5, 0.6) is 0 Å². The van der Waals surface area contributed by atoms with E-state index in [1.807, 2.05) is 0 Å². The molecular weight excluding hydrogens is 500 g/mol. The number of hydrogen-bond acceptors (Lipinski definition) is 8. The van der Waals surface area contributed by atoms with E-state index < -0.39 is 29.2 Å². The van der Waals surface area contributed by atoms with Crippen LogP contribution in [0.4, 0.5) is 11.6 Å². The van der Waals surface area contributed by atoms with E-state index in [1.54, 1.807) is 27.9 Å². The SMILES string of the molecule is CC(CC(=O)O)C1=Nc2c(c(=O)n(C)c(=O)n2C)C1.CC(CC1=Nc2c(c(=O)n(C)c(=O)n2C)C1)C(=O)O. The number of aromatic nitrogens is 4. The monoisotopic (exact) mass is 530 g/mol. The first-order valence-corrected chi connectivity index (χ1v) is 11.8. The molecule has 0 spiro atoms. The van der Waals surface area contributed by atoms with E-state index in [0.29, 0.717) is 47.0 Å². The molecule has 2 unspecified atom stereocenters. The minimum absolute atomic E-state index is 0.0406. The Morgan fingerprint density at radius 1 is 0.789 bits per heavy atom. The molecule has 2 atom stereocenters. The maximum absolute atomic E-state index is 12.0. The Balaban J connectivity index is 0.000000211. The van der Waals surface area contributed by atoms with Gasteiger partial charge in [-0.3, -0.25) is 37.4 Å². The fourth-order valence-corrected chi connectivity index (χ4v) is 4.37. The van der Waals surface area contributed by atoms with Crippen molar-refractivity contribution < 1.29 is 19.8 Å². The smallest absolute Gasteiger partial charge is 0.332 e. The van der Waals surface area contributed by atoms with Crippen molar-refractivity contribution in [3.05, 3.63) is 52.8 Å². The molecule has 2 N–H and O–H groups in total. The van der Waals surface area contributed by atoms with Gasteiger partial charge in [0.15, 0.2) is 0 Å². The molecule has 0 bridgehead atoms. The van der Waals surface area contributed by atoms with Gasteiger partial charge in [0.05, 0.1) is 23.5 Å². The highest BCUT2D eigenvalue weighted by atomic mass is 16.4. The summed E-state index contributed by atoms with van der Waals surface area (Å²) in [6.07, 6.45) is 0.862. The van der Waals surface area contributed by atoms with Gasteiger partial charge in [-0.1, -0.05) is 13.8 Å². The zero-order valence-corrected chi connectivity index (χ0v) is 22.0. The van der Waals surface area contributed by atoms with Gasteiger partial charge in [-0.2, -0.15) is 0 Å². The summed E-state index contributed by atoms with van der Waals surface area (Å²) in [5.41, 5.74) is 0.590. The Kier molecular flexibility index (Phi) is 7.84. The molecule has 2 aliphatic rings. The molecule has 0 radical (unpaired) electrons. The lowest BCUT2D eigenvalue weighted by molar-refractivity contribution is -0.141. The molecule has 0 saturated carbocycles. The van der Waals surface area contributed by atoms with Gasteiger partial charge in [0.25, 0.3) is 11.1 Å². The van der Waals surface area contributed by atoms with E-state index in [0.717, 1.165) is 9.13 Å². The normalized spacial score (nSPS) is 15.0. The van der Waals surface area contributed by atoms with E-state index in [1.165, 1.54) is 23.2 Å². The summed E-state index contributed by atoms with van der Waals surface area (Å²) in [4.78, 5) is 77.5. The summed E-state index contributed by atoms with van der Waals surface area (Å²) in [7, 11) is 5.94. The van der Waals surface area contributed by atoms with Crippen LogP contribution in [0.1, 0.15) is 37.8 Å². The van der Waals surface area contributed by atoms with Crippen molar-refractivity contribution in [1.82, 2.24) is 18.3 Å². The maximum Gasteiger partial charge on any atom is 0.332 e. The zero-order chi connectivity index (χ0) is 28.6. The number of aliphatic carboxylic acids is 2. The van der Waals surface area contributed by atoms with Crippen molar-refractivity contribution in [3.8, 4) is 0 Å². The van der Waals surface area contributed by atoms with Crippen molar-refractivity contribution in [1.29, 1.82) is 0 Å². The van der Waals surface area contributed by atoms with Crippen LogP contribution in [0.2, 0.25) is 0 Å². The van der Waals surface area contributed by atoms with Crippen molar-refractivity contribution in [2.45, 2.75) is 39.5 Å². The Hall–Kier alpha value is -4.36. The molecule has 0 amide bonds. The zero-order valence-electron chi connectivity index (χ0n) is 22.0. The standard InChI is InChI=1S/2C12H15N3O4/c1-6(4-9(16)17)8-5-7-10(13-8)14(2)12(19)15(3)11(7)18;1-6(11(17)18)4-7-5-8-9(13-7)14(2)12(19)15(3)10(8)16/h6H,4-5H2,1-3H3,(H,16,17);6H,4-5H2,1-3H3,(H,17,18). The van der Waals surface area contributed by atoms with E-state index in [9.17, 15) is 28.8 Å². The lowest BCUT2D eigenvalue weighted by atomic mass is 9.98. The van der Waals surface area contributed by atoms with E-state index >= 15 is 0 Å². The fraction of sp³-hybridized carbons (Fsp3) is 0.500. The molecule has 204 valence electrons. The number of carboxylic acid groups (broad SMARTS) is 2. The van der Waals surface area contributed by atoms with Crippen LogP contribution in [0, 0.1) is 11.8 Å². The van der Waals surface area contributed by atoms with Crippen LogP contribution in [-0.4, -0.2) is 51.8 Å². The Labute approximate surface area is 215 Å². The first-order chi connectivity index (χ1) is 17.6. The third-order valence-corrected chi connectivity index (χ3v) is 6.71. The van der Waals surface area contributed by atoms with Crippen LogP contribution >= 0.6 is 0 Å². The highest BCUT2D eigenvalue weighted by molar-refractivity contribution is 5.96. The summed E-state index contributed by atoms with van der Waals surface area (Å²) in [6.45, 7) is 3.34. The second-order valence-electron chi connectivity index (χ2n) is 9.59. The number of carboxylic acids is 2. The van der Waals surface area contributed by atoms with Crippen LogP contribution in [-0.2, 0) is 50.6 Å². The maximum atomic E-state index is 12.0. The van der Waals surface area contributed by atoms with E-state index in [4.69, 9.17) is 10.2 Å². The third kappa shape index (κ3) is 5.19. The molecule has 0 aromatic carbocycles. The molecule has 0 aliphatic carbocycles. The molecule has 2 aromatic rings. The minimum Gasteiger partial charge on any atom is -0.481 e. The lowest BCUT2D eigenvalue weighted by Crippen LogP contribution is -2.38. The number of rotatable bonds is 6. The van der Waals surface area contributed by atoms with E-state index in [2.05, 4.69) is 9.98 Å². The minimum atomic E-state index is -0.909. The average Bonchev–Trinajstić information content (AvgIpc) is 3.49. The molecule has 14 heteroatoms. The molecule has 14 nitrogen and oxygen atoms in total. The molecule has 2 aliphatic heterocycles. The van der Waals surface area contributed by atoms with Gasteiger partial charge in [0.2, 0.25) is 0 Å². The number of nitrogens with zero attached hydrogens (tertiary/aromatic N) is 6. The topological polar surface area (TPSA) is 187 Å². The number of carbonyl (C=O) groups is 2. The lowest BCUT2D eigenvalue weighted by Gasteiger charge is -2.07. The van der Waals surface area contributed by atoms with Crippen molar-refractivity contribution in [2.75, 3.05) is 0 Å². The van der Waals surface area contributed by atoms with Gasteiger partial charge in [0.1, 0.15) is 11.6 Å². The molecule has 0 saturated heterocycles. The van der Waals surface area contributed by atoms with Gasteiger partial charge in [-0.15, -0.1) is 0 Å². The Morgan fingerprint density at radius 3 is 1.74 bits per heavy atom. The molecule has 0 fully saturated rings. The van der Waals surface area contributed by atoms with Gasteiger partial charge >= 0.3 is 23.3 Å². The highest BCUT2D eigenvalue weighted by Gasteiger charge is 2.27. The summed E-state index contributed by atoms with van der Waals surface area (Å²) in [6, 6.07) is 0. The fourth-order valence-electron chi connectivity index (χ4n) is 4.37. The summed E-state index contributed by atoms with van der Waals surface area (Å²) in [5.74, 6) is -1.94. The largest absolute Gasteiger partial charge is 0.481 e. The first-order valence-electron chi connectivity index (χ1n) is 11.8. The Morgan fingerprint density at radius 2 is 1.26 bits per heavy atom. The molecule has 2 aromatic heterocycles. The van der Waals surface area contributed by atoms with Crippen molar-refractivity contribution in [2.24, 2.45) is 50.0 Å². The quantitative estimate of drug-likeness (QED) is 0.507. The van der Waals surface area contributed by atoms with Gasteiger partial charge < -0.3 is 10.2 Å². The molecule has 38 heavy (non-hydrogen) atoms. The van der Waals surface area contributed by atoms with E-state index in [-0.39, 0.29) is 29.9 Å². The van der Waals surface area contributed by atoms with Gasteiger partial charge in [0, 0.05) is 58.4 Å². The van der Waals surface area contributed by atoms with Crippen LogP contribution < -0.4 is 22.5 Å². The Bertz CT molecular complexity index is 1640. The molecular formula is C24H30N6O8. The van der Waals surface area contributed by atoms with Crippen LogP contribution in [0.15, 0.2) is 29.2 Å². The average molecular weight is 531 g/mol.